The van der Waals surface area contributed by atoms with Crippen molar-refractivity contribution in [3.63, 3.8) is 0 Å². The molecule has 0 saturated carbocycles. The van der Waals surface area contributed by atoms with Crippen LogP contribution in [0.5, 0.6) is 0 Å². The van der Waals surface area contributed by atoms with Crippen LogP contribution in [-0.4, -0.2) is 34.6 Å². The number of halogens is 1. The summed E-state index contributed by atoms with van der Waals surface area (Å²) < 4.78 is 17.1. The van der Waals surface area contributed by atoms with Crippen molar-refractivity contribution in [3.8, 4) is 17.1 Å². The van der Waals surface area contributed by atoms with Crippen molar-refractivity contribution in [1.29, 1.82) is 0 Å². The molecular weight excluding hydrogens is 419 g/mol. The van der Waals surface area contributed by atoms with E-state index in [0.717, 1.165) is 58.0 Å². The summed E-state index contributed by atoms with van der Waals surface area (Å²) in [6.45, 7) is 5.87. The predicted octanol–water partition coefficient (Wildman–Crippen LogP) is 3.82. The summed E-state index contributed by atoms with van der Waals surface area (Å²) in [5.74, 6) is 0.435. The first-order valence-corrected chi connectivity index (χ1v) is 11.2. The van der Waals surface area contributed by atoms with Gasteiger partial charge in [0.05, 0.1) is 34.1 Å². The number of fused-ring (bicyclic) bond motifs is 1. The fourth-order valence-corrected chi connectivity index (χ4v) is 5.06. The molecule has 0 spiro atoms. The average Bonchev–Trinajstić information content (AvgIpc) is 3.40. The minimum absolute atomic E-state index is 0.255. The van der Waals surface area contributed by atoms with Crippen molar-refractivity contribution in [3.05, 3.63) is 76.4 Å². The molecule has 0 saturated heterocycles. The van der Waals surface area contributed by atoms with Gasteiger partial charge in [0, 0.05) is 36.2 Å². The summed E-state index contributed by atoms with van der Waals surface area (Å²) in [5, 5.41) is 20.1. The molecule has 1 aliphatic rings. The van der Waals surface area contributed by atoms with Crippen molar-refractivity contribution in [2.24, 2.45) is 7.05 Å². The van der Waals surface area contributed by atoms with Gasteiger partial charge in [0.2, 0.25) is 0 Å². The largest absolute Gasteiger partial charge is 0.385 e. The summed E-state index contributed by atoms with van der Waals surface area (Å²) in [4.78, 5) is 8.94. The molecule has 1 aliphatic carbocycles. The van der Waals surface area contributed by atoms with Crippen LogP contribution < -0.4 is 0 Å². The summed E-state index contributed by atoms with van der Waals surface area (Å²) in [5.41, 5.74) is 6.72. The van der Waals surface area contributed by atoms with Crippen molar-refractivity contribution < 1.29 is 9.50 Å². The number of hydrogen-bond acceptors (Lipinski definition) is 5. The lowest BCUT2D eigenvalue weighted by molar-refractivity contribution is 0.0586. The van der Waals surface area contributed by atoms with Crippen molar-refractivity contribution in [2.45, 2.75) is 52.1 Å². The Morgan fingerprint density at radius 3 is 2.64 bits per heavy atom. The van der Waals surface area contributed by atoms with E-state index in [4.69, 9.17) is 5.10 Å². The van der Waals surface area contributed by atoms with Gasteiger partial charge in [-0.2, -0.15) is 10.2 Å². The zero-order chi connectivity index (χ0) is 23.3. The molecule has 8 heteroatoms. The Morgan fingerprint density at radius 2 is 1.91 bits per heavy atom. The molecule has 1 aromatic carbocycles. The van der Waals surface area contributed by atoms with Gasteiger partial charge < -0.3 is 5.11 Å². The van der Waals surface area contributed by atoms with Gasteiger partial charge in [-0.15, -0.1) is 0 Å². The average molecular weight is 447 g/mol. The number of aryl methyl sites for hydroxylation is 2. The monoisotopic (exact) mass is 446 g/mol. The van der Waals surface area contributed by atoms with Gasteiger partial charge in [-0.1, -0.05) is 6.92 Å². The maximum Gasteiger partial charge on any atom is 0.157 e. The highest BCUT2D eigenvalue weighted by molar-refractivity contribution is 5.65. The molecular formula is C25H27FN6O. The molecule has 0 aliphatic heterocycles. The Balaban J connectivity index is 1.50. The van der Waals surface area contributed by atoms with Crippen LogP contribution in [0, 0.1) is 12.7 Å². The van der Waals surface area contributed by atoms with Crippen LogP contribution in [0.1, 0.15) is 54.2 Å². The second-order valence-corrected chi connectivity index (χ2v) is 8.89. The fraction of sp³-hybridized carbons (Fsp3) is 0.360. The standard InChI is InChI=1S/C25H27FN6O/c1-5-19-20(30-31(4)24(19)16-6-8-17(26)9-7-16)12-18-13-22(28-14-27-18)32-21-10-11-25(3,33)23(21)15(2)29-32/h6-9,13-14,33H,5,10-12H2,1-4H3. The lowest BCUT2D eigenvalue weighted by atomic mass is 9.99. The molecule has 7 nitrogen and oxygen atoms in total. The lowest BCUT2D eigenvalue weighted by Crippen LogP contribution is -2.17. The fourth-order valence-electron chi connectivity index (χ4n) is 5.06. The highest BCUT2D eigenvalue weighted by atomic mass is 19.1. The Bertz CT molecular complexity index is 1340. The van der Waals surface area contributed by atoms with Crippen LogP contribution in [0.2, 0.25) is 0 Å². The summed E-state index contributed by atoms with van der Waals surface area (Å²) >= 11 is 0. The Labute approximate surface area is 191 Å². The first kappa shape index (κ1) is 21.5. The maximum atomic E-state index is 13.4. The van der Waals surface area contributed by atoms with Crippen LogP contribution in [0.3, 0.4) is 0 Å². The van der Waals surface area contributed by atoms with Crippen LogP contribution in [0.25, 0.3) is 17.1 Å². The number of aliphatic hydroxyl groups is 1. The topological polar surface area (TPSA) is 81.7 Å². The molecule has 1 atom stereocenters. The lowest BCUT2D eigenvalue weighted by Gasteiger charge is -2.15. The van der Waals surface area contributed by atoms with Crippen molar-refractivity contribution in [2.75, 3.05) is 0 Å². The highest BCUT2D eigenvalue weighted by Gasteiger charge is 2.38. The van der Waals surface area contributed by atoms with E-state index in [1.165, 1.54) is 12.1 Å². The molecule has 170 valence electrons. The van der Waals surface area contributed by atoms with E-state index in [9.17, 15) is 9.50 Å². The Morgan fingerprint density at radius 1 is 1.15 bits per heavy atom. The van der Waals surface area contributed by atoms with Gasteiger partial charge in [-0.3, -0.25) is 4.68 Å². The van der Waals surface area contributed by atoms with Gasteiger partial charge in [-0.25, -0.2) is 19.0 Å². The van der Waals surface area contributed by atoms with Crippen LogP contribution in [0.4, 0.5) is 4.39 Å². The number of hydrogen-bond donors (Lipinski definition) is 1. The molecule has 3 aromatic heterocycles. The van der Waals surface area contributed by atoms with E-state index in [-0.39, 0.29) is 5.82 Å². The van der Waals surface area contributed by atoms with Gasteiger partial charge in [0.1, 0.15) is 12.1 Å². The van der Waals surface area contributed by atoms with E-state index in [2.05, 4.69) is 22.0 Å². The van der Waals surface area contributed by atoms with Gasteiger partial charge >= 0.3 is 0 Å². The summed E-state index contributed by atoms with van der Waals surface area (Å²) in [6.07, 6.45) is 4.34. The number of rotatable bonds is 5. The van der Waals surface area contributed by atoms with E-state index in [0.29, 0.717) is 18.7 Å². The van der Waals surface area contributed by atoms with Crippen LogP contribution in [0.15, 0.2) is 36.7 Å². The molecule has 33 heavy (non-hydrogen) atoms. The highest BCUT2D eigenvalue weighted by Crippen LogP contribution is 2.39. The smallest absolute Gasteiger partial charge is 0.157 e. The molecule has 1 N–H and O–H groups in total. The van der Waals surface area contributed by atoms with E-state index >= 15 is 0 Å². The molecule has 4 aromatic rings. The predicted molar refractivity (Wildman–Crippen MR) is 123 cm³/mol. The van der Waals surface area contributed by atoms with Gasteiger partial charge in [0.25, 0.3) is 0 Å². The molecule has 0 amide bonds. The molecule has 5 rings (SSSR count). The number of nitrogens with zero attached hydrogens (tertiary/aromatic N) is 6. The number of benzene rings is 1. The Hall–Kier alpha value is -3.39. The summed E-state index contributed by atoms with van der Waals surface area (Å²) in [6, 6.07) is 8.45. The van der Waals surface area contributed by atoms with Crippen LogP contribution in [-0.2, 0) is 31.9 Å². The van der Waals surface area contributed by atoms with Crippen molar-refractivity contribution in [1.82, 2.24) is 29.5 Å². The van der Waals surface area contributed by atoms with E-state index < -0.39 is 5.60 Å². The summed E-state index contributed by atoms with van der Waals surface area (Å²) in [7, 11) is 1.91. The molecule has 0 fully saturated rings. The minimum Gasteiger partial charge on any atom is -0.385 e. The Kier molecular flexibility index (Phi) is 5.12. The maximum absolute atomic E-state index is 13.4. The van der Waals surface area contributed by atoms with Crippen LogP contribution >= 0.6 is 0 Å². The second-order valence-electron chi connectivity index (χ2n) is 8.89. The quantitative estimate of drug-likeness (QED) is 0.504. The molecule has 1 unspecified atom stereocenters. The third-order valence-electron chi connectivity index (χ3n) is 6.52. The zero-order valence-electron chi connectivity index (χ0n) is 19.3. The van der Waals surface area contributed by atoms with Gasteiger partial charge in [0.15, 0.2) is 5.82 Å². The minimum atomic E-state index is -0.853. The first-order valence-electron chi connectivity index (χ1n) is 11.2. The third kappa shape index (κ3) is 3.64. The zero-order valence-corrected chi connectivity index (χ0v) is 19.3. The number of aromatic nitrogens is 6. The first-order chi connectivity index (χ1) is 15.8. The van der Waals surface area contributed by atoms with E-state index in [1.807, 2.05) is 36.3 Å². The molecule has 0 bridgehead atoms. The third-order valence-corrected chi connectivity index (χ3v) is 6.52. The molecule has 3 heterocycles. The van der Waals surface area contributed by atoms with Gasteiger partial charge in [-0.05, 0) is 57.4 Å². The molecule has 0 radical (unpaired) electrons. The SMILES string of the molecule is CCc1c(Cc2cc(-n3nc(C)c4c3CCC4(C)O)ncn2)nn(C)c1-c1ccc(F)cc1. The second kappa shape index (κ2) is 7.88. The normalized spacial score (nSPS) is 17.5. The van der Waals surface area contributed by atoms with E-state index in [1.54, 1.807) is 18.5 Å². The van der Waals surface area contributed by atoms with Crippen molar-refractivity contribution >= 4 is 0 Å².